The van der Waals surface area contributed by atoms with Crippen LogP contribution < -0.4 is 0 Å². The number of fused-ring (bicyclic) bond motifs is 3. The number of aliphatic hydroxyl groups is 1. The van der Waals surface area contributed by atoms with Crippen LogP contribution in [0.5, 0.6) is 0 Å². The number of hydrogen-bond donors (Lipinski definition) is 1. The lowest BCUT2D eigenvalue weighted by molar-refractivity contribution is -0.236. The van der Waals surface area contributed by atoms with E-state index >= 15 is 0 Å². The van der Waals surface area contributed by atoms with Crippen molar-refractivity contribution < 1.29 is 57.5 Å². The van der Waals surface area contributed by atoms with Crippen LogP contribution in [-0.4, -0.2) is 89.7 Å². The maximum absolute atomic E-state index is 13.2. The lowest BCUT2D eigenvalue weighted by Gasteiger charge is -2.56. The summed E-state index contributed by atoms with van der Waals surface area (Å²) in [4.78, 5) is 63.5. The fourth-order valence-electron chi connectivity index (χ4n) is 6.95. The number of carbonyl (C=O) groups is 5. The number of halogens is 1. The van der Waals surface area contributed by atoms with Gasteiger partial charge in [0.1, 0.15) is 18.3 Å². The van der Waals surface area contributed by atoms with Gasteiger partial charge in [-0.25, -0.2) is 4.79 Å². The van der Waals surface area contributed by atoms with Crippen LogP contribution in [-0.2, 0) is 52.4 Å². The Morgan fingerprint density at radius 2 is 1.77 bits per heavy atom. The molecule has 0 radical (unpaired) electrons. The number of carbonyl (C=O) groups excluding carboxylic acids is 5. The van der Waals surface area contributed by atoms with Gasteiger partial charge in [0.25, 0.3) is 0 Å². The molecule has 0 aromatic carbocycles. The number of alkyl halides is 1. The predicted octanol–water partition coefficient (Wildman–Crippen LogP) is 2.56. The third-order valence-corrected chi connectivity index (χ3v) is 9.49. The molecule has 2 heterocycles. The third-order valence-electron chi connectivity index (χ3n) is 9.18. The summed E-state index contributed by atoms with van der Waals surface area (Å²) in [6, 6.07) is 0. The molecule has 2 saturated heterocycles. The number of rotatable bonds is 8. The van der Waals surface area contributed by atoms with Gasteiger partial charge in [-0.05, 0) is 43.4 Å². The lowest BCUT2D eigenvalue weighted by atomic mass is 9.53. The molecule has 1 saturated carbocycles. The van der Waals surface area contributed by atoms with Gasteiger partial charge < -0.3 is 33.5 Å². The molecular formula is C31H41ClO12. The van der Waals surface area contributed by atoms with Crippen LogP contribution in [0, 0.1) is 23.2 Å². The first kappa shape index (κ1) is 33.9. The first-order valence-corrected chi connectivity index (χ1v) is 15.3. The average Bonchev–Trinajstić information content (AvgIpc) is 3.67. The Morgan fingerprint density at radius 1 is 1.11 bits per heavy atom. The zero-order chi connectivity index (χ0) is 32.6. The lowest BCUT2D eigenvalue weighted by Crippen LogP contribution is -2.69. The van der Waals surface area contributed by atoms with E-state index in [1.54, 1.807) is 19.1 Å². The van der Waals surface area contributed by atoms with E-state index in [0.29, 0.717) is 12.0 Å². The van der Waals surface area contributed by atoms with Crippen molar-refractivity contribution in [2.45, 2.75) is 96.4 Å². The highest BCUT2D eigenvalue weighted by atomic mass is 35.5. The van der Waals surface area contributed by atoms with Crippen LogP contribution >= 0.6 is 11.6 Å². The van der Waals surface area contributed by atoms with Crippen molar-refractivity contribution in [1.82, 2.24) is 0 Å². The van der Waals surface area contributed by atoms with E-state index < -0.39 is 89.3 Å². The van der Waals surface area contributed by atoms with Crippen molar-refractivity contribution in [2.75, 3.05) is 19.1 Å². The van der Waals surface area contributed by atoms with Crippen molar-refractivity contribution in [3.05, 3.63) is 23.8 Å². The minimum Gasteiger partial charge on any atom is -0.462 e. The Bertz CT molecular complexity index is 1240. The summed E-state index contributed by atoms with van der Waals surface area (Å²) >= 11 is 6.25. The van der Waals surface area contributed by atoms with Gasteiger partial charge in [-0.15, -0.1) is 11.6 Å². The molecule has 2 aliphatic heterocycles. The molecule has 0 aromatic heterocycles. The average molecular weight is 641 g/mol. The fraction of sp³-hybridized carbons (Fsp3) is 0.710. The first-order chi connectivity index (χ1) is 20.6. The Labute approximate surface area is 261 Å². The number of hydrogen-bond acceptors (Lipinski definition) is 12. The third kappa shape index (κ3) is 6.39. The van der Waals surface area contributed by atoms with E-state index in [0.717, 1.165) is 0 Å². The highest BCUT2D eigenvalue weighted by Crippen LogP contribution is 2.62. The van der Waals surface area contributed by atoms with Gasteiger partial charge in [-0.3, -0.25) is 19.2 Å². The van der Waals surface area contributed by atoms with Crippen molar-refractivity contribution >= 4 is 41.4 Å². The minimum atomic E-state index is -2.12. The van der Waals surface area contributed by atoms with Gasteiger partial charge in [0.15, 0.2) is 18.3 Å². The van der Waals surface area contributed by atoms with Gasteiger partial charge in [-0.2, -0.15) is 0 Å². The molecule has 4 rings (SSSR count). The summed E-state index contributed by atoms with van der Waals surface area (Å²) in [5.74, 6) is -5.73. The van der Waals surface area contributed by atoms with Crippen LogP contribution in [0.2, 0.25) is 0 Å². The zero-order valence-electron chi connectivity index (χ0n) is 25.8. The smallest absolute Gasteiger partial charge is 0.344 e. The largest absolute Gasteiger partial charge is 0.462 e. The van der Waals surface area contributed by atoms with Crippen LogP contribution in [0.4, 0.5) is 0 Å². The summed E-state index contributed by atoms with van der Waals surface area (Å²) in [6.45, 7) is 8.80. The zero-order valence-corrected chi connectivity index (χ0v) is 26.6. The summed E-state index contributed by atoms with van der Waals surface area (Å²) < 4.78 is 34.5. The monoisotopic (exact) mass is 640 g/mol. The van der Waals surface area contributed by atoms with E-state index in [1.807, 2.05) is 13.8 Å². The van der Waals surface area contributed by atoms with E-state index in [2.05, 4.69) is 0 Å². The van der Waals surface area contributed by atoms with Gasteiger partial charge in [-0.1, -0.05) is 26.8 Å². The second-order valence-corrected chi connectivity index (χ2v) is 13.0. The second kappa shape index (κ2) is 12.8. The van der Waals surface area contributed by atoms with Gasteiger partial charge >= 0.3 is 29.8 Å². The Morgan fingerprint density at radius 3 is 2.34 bits per heavy atom. The van der Waals surface area contributed by atoms with Crippen LogP contribution in [0.15, 0.2) is 23.8 Å². The molecule has 4 aliphatic rings. The van der Waals surface area contributed by atoms with Gasteiger partial charge in [0.05, 0.1) is 23.5 Å². The maximum atomic E-state index is 13.2. The highest BCUT2D eigenvalue weighted by Gasteiger charge is 2.74. The fourth-order valence-corrected chi connectivity index (χ4v) is 7.12. The number of ether oxygens (including phenoxy) is 6. The molecule has 13 heteroatoms. The SMILES string of the molecule is CC(=O)O[C@H]1CC[C@]2(CO2)[C@@H]2[C@H](OC(C)=O)[C@@]3(O)[C@H](/C=C(CCl)\C=C/[C@H](OC(=O)COC(=O)CC(C)C)[C@@]12C)OC(=O)[C@@H]3C. The Kier molecular flexibility index (Phi) is 9.87. The molecule has 0 unspecified atom stereocenters. The first-order valence-electron chi connectivity index (χ1n) is 14.8. The molecule has 44 heavy (non-hydrogen) atoms. The highest BCUT2D eigenvalue weighted by molar-refractivity contribution is 6.19. The van der Waals surface area contributed by atoms with Crippen LogP contribution in [0.1, 0.15) is 60.8 Å². The van der Waals surface area contributed by atoms with E-state index in [1.165, 1.54) is 26.8 Å². The van der Waals surface area contributed by atoms with Crippen molar-refractivity contribution in [1.29, 1.82) is 0 Å². The summed E-state index contributed by atoms with van der Waals surface area (Å²) in [5.41, 5.74) is -4.12. The molecule has 12 nitrogen and oxygen atoms in total. The van der Waals surface area contributed by atoms with Gasteiger partial charge in [0.2, 0.25) is 0 Å². The molecular weight excluding hydrogens is 600 g/mol. The molecule has 1 spiro atoms. The number of esters is 5. The maximum Gasteiger partial charge on any atom is 0.344 e. The quantitative estimate of drug-likeness (QED) is 0.179. The molecule has 0 bridgehead atoms. The van der Waals surface area contributed by atoms with E-state index in [4.69, 9.17) is 40.0 Å². The van der Waals surface area contributed by atoms with Crippen LogP contribution in [0.25, 0.3) is 0 Å². The molecule has 0 amide bonds. The Hall–Kier alpha value is -2.96. The summed E-state index contributed by atoms with van der Waals surface area (Å²) in [5, 5.41) is 12.5. The van der Waals surface area contributed by atoms with Gasteiger partial charge in [0, 0.05) is 32.1 Å². The summed E-state index contributed by atoms with van der Waals surface area (Å²) in [6.07, 6.45) is 0.505. The Balaban J connectivity index is 1.90. The molecule has 0 aromatic rings. The normalized spacial score (nSPS) is 39.6. The predicted molar refractivity (Wildman–Crippen MR) is 153 cm³/mol. The molecule has 244 valence electrons. The number of allylic oxidation sites excluding steroid dienone is 2. The summed E-state index contributed by atoms with van der Waals surface area (Å²) in [7, 11) is 0. The standard InChI is InChI=1S/C31H41ClO12/c1-16(2)11-24(35)39-14-25(36)43-21-8-7-20(13-32)12-23-31(38,17(3)28(37)44-23)27(42-19(5)34)26-29(21,6)22(41-18(4)33)9-10-30(26)15-40-30/h7-8,12,16-17,21-23,26-27,38H,9-11,13-15H2,1-6H3/b8-7-,20-12+/t17-,21-,22-,23-,26+,27-,29-,30-,31-/m0/s1. The van der Waals surface area contributed by atoms with Crippen molar-refractivity contribution in [3.8, 4) is 0 Å². The number of epoxide rings is 1. The van der Waals surface area contributed by atoms with E-state index in [9.17, 15) is 29.1 Å². The molecule has 3 fully saturated rings. The topological polar surface area (TPSA) is 164 Å². The van der Waals surface area contributed by atoms with Crippen molar-refractivity contribution in [3.63, 3.8) is 0 Å². The second-order valence-electron chi connectivity index (χ2n) is 12.7. The molecule has 9 atom stereocenters. The molecule has 2 aliphatic carbocycles. The van der Waals surface area contributed by atoms with Crippen LogP contribution in [0.3, 0.4) is 0 Å². The van der Waals surface area contributed by atoms with E-state index in [-0.39, 0.29) is 31.2 Å². The molecule has 1 N–H and O–H groups in total. The van der Waals surface area contributed by atoms with Crippen molar-refractivity contribution in [2.24, 2.45) is 23.2 Å². The minimum absolute atomic E-state index is 0.0170.